The number of carbonyl (C=O) groups excluding carboxylic acids is 1. The summed E-state index contributed by atoms with van der Waals surface area (Å²) in [5, 5.41) is 0. The van der Waals surface area contributed by atoms with Gasteiger partial charge in [0.2, 0.25) is 0 Å². The zero-order valence-electron chi connectivity index (χ0n) is 10.1. The highest BCUT2D eigenvalue weighted by molar-refractivity contribution is 5.75. The molecule has 0 radical (unpaired) electrons. The van der Waals surface area contributed by atoms with Crippen molar-refractivity contribution in [1.82, 2.24) is 4.90 Å². The Morgan fingerprint density at radius 3 is 2.56 bits per heavy atom. The first-order valence-electron chi connectivity index (χ1n) is 5.56. The lowest BCUT2D eigenvalue weighted by Crippen LogP contribution is -2.36. The number of hydrogen-bond acceptors (Lipinski definition) is 3. The van der Waals surface area contributed by atoms with Gasteiger partial charge in [0.1, 0.15) is 6.04 Å². The molecule has 0 amide bonds. The van der Waals surface area contributed by atoms with Crippen LogP contribution in [0.5, 0.6) is 0 Å². The van der Waals surface area contributed by atoms with Gasteiger partial charge in [0, 0.05) is 6.54 Å². The summed E-state index contributed by atoms with van der Waals surface area (Å²) in [5.41, 5.74) is 1.20. The summed E-state index contributed by atoms with van der Waals surface area (Å²) >= 11 is 0. The van der Waals surface area contributed by atoms with Crippen LogP contribution in [0.15, 0.2) is 30.3 Å². The Hall–Kier alpha value is -1.35. The van der Waals surface area contributed by atoms with E-state index in [1.165, 1.54) is 5.56 Å². The normalized spacial score (nSPS) is 12.5. The molecule has 1 rings (SSSR count). The molecular weight excluding hydrogens is 202 g/mol. The van der Waals surface area contributed by atoms with Crippen LogP contribution in [0.2, 0.25) is 0 Å². The molecule has 0 aliphatic carbocycles. The molecule has 0 heterocycles. The summed E-state index contributed by atoms with van der Waals surface area (Å²) in [4.78, 5) is 13.5. The molecule has 0 aliphatic heterocycles. The second-order valence-electron chi connectivity index (χ2n) is 3.83. The van der Waals surface area contributed by atoms with Crippen LogP contribution in [-0.2, 0) is 16.1 Å². The topological polar surface area (TPSA) is 29.5 Å². The summed E-state index contributed by atoms with van der Waals surface area (Å²) in [7, 11) is 1.93. The smallest absolute Gasteiger partial charge is 0.323 e. The van der Waals surface area contributed by atoms with Gasteiger partial charge in [0.05, 0.1) is 6.61 Å². The van der Waals surface area contributed by atoms with Crippen molar-refractivity contribution in [1.29, 1.82) is 0 Å². The second-order valence-corrected chi connectivity index (χ2v) is 3.83. The summed E-state index contributed by atoms with van der Waals surface area (Å²) < 4.78 is 4.98. The molecule has 0 saturated heterocycles. The number of rotatable bonds is 5. The zero-order valence-corrected chi connectivity index (χ0v) is 10.1. The highest BCUT2D eigenvalue weighted by atomic mass is 16.5. The fraction of sp³-hybridized carbons (Fsp3) is 0.462. The molecule has 88 valence electrons. The van der Waals surface area contributed by atoms with Crippen LogP contribution in [0.1, 0.15) is 19.4 Å². The van der Waals surface area contributed by atoms with Gasteiger partial charge in [-0.15, -0.1) is 0 Å². The summed E-state index contributed by atoms with van der Waals surface area (Å²) in [6.07, 6.45) is 0. The van der Waals surface area contributed by atoms with Crippen LogP contribution in [0.4, 0.5) is 0 Å². The third kappa shape index (κ3) is 3.66. The highest BCUT2D eigenvalue weighted by Gasteiger charge is 2.18. The molecule has 1 atom stereocenters. The predicted molar refractivity (Wildman–Crippen MR) is 64.0 cm³/mol. The average molecular weight is 221 g/mol. The molecule has 0 saturated carbocycles. The summed E-state index contributed by atoms with van der Waals surface area (Å²) in [5.74, 6) is -0.166. The van der Waals surface area contributed by atoms with Crippen molar-refractivity contribution >= 4 is 5.97 Å². The lowest BCUT2D eigenvalue weighted by atomic mass is 10.2. The third-order valence-corrected chi connectivity index (χ3v) is 2.56. The van der Waals surface area contributed by atoms with E-state index < -0.39 is 0 Å². The Morgan fingerprint density at radius 1 is 1.38 bits per heavy atom. The fourth-order valence-corrected chi connectivity index (χ4v) is 1.45. The van der Waals surface area contributed by atoms with E-state index >= 15 is 0 Å². The van der Waals surface area contributed by atoms with E-state index in [1.54, 1.807) is 0 Å². The number of likely N-dealkylation sites (N-methyl/N-ethyl adjacent to an activating group) is 1. The molecule has 16 heavy (non-hydrogen) atoms. The minimum atomic E-state index is -0.208. The summed E-state index contributed by atoms with van der Waals surface area (Å²) in [6.45, 7) is 4.87. The van der Waals surface area contributed by atoms with E-state index in [0.29, 0.717) is 6.61 Å². The first-order chi connectivity index (χ1) is 7.65. The average Bonchev–Trinajstić information content (AvgIpc) is 2.29. The van der Waals surface area contributed by atoms with Crippen LogP contribution in [0.3, 0.4) is 0 Å². The highest BCUT2D eigenvalue weighted by Crippen LogP contribution is 2.06. The Labute approximate surface area is 97.0 Å². The van der Waals surface area contributed by atoms with Gasteiger partial charge in [-0.3, -0.25) is 9.69 Å². The number of nitrogens with zero attached hydrogens (tertiary/aromatic N) is 1. The van der Waals surface area contributed by atoms with Gasteiger partial charge < -0.3 is 4.74 Å². The van der Waals surface area contributed by atoms with Crippen molar-refractivity contribution in [2.24, 2.45) is 0 Å². The van der Waals surface area contributed by atoms with Crippen LogP contribution in [0, 0.1) is 0 Å². The standard InChI is InChI=1S/C13H19NO2/c1-4-16-13(15)11(2)14(3)10-12-8-6-5-7-9-12/h5-9,11H,4,10H2,1-3H3. The maximum Gasteiger partial charge on any atom is 0.323 e. The lowest BCUT2D eigenvalue weighted by Gasteiger charge is -2.22. The first kappa shape index (κ1) is 12.7. The number of carbonyl (C=O) groups is 1. The van der Waals surface area contributed by atoms with Gasteiger partial charge in [-0.05, 0) is 26.5 Å². The van der Waals surface area contributed by atoms with Gasteiger partial charge in [-0.2, -0.15) is 0 Å². The largest absolute Gasteiger partial charge is 0.465 e. The zero-order chi connectivity index (χ0) is 12.0. The van der Waals surface area contributed by atoms with Gasteiger partial charge in [-0.1, -0.05) is 30.3 Å². The van der Waals surface area contributed by atoms with Gasteiger partial charge >= 0.3 is 5.97 Å². The minimum absolute atomic E-state index is 0.166. The number of hydrogen-bond donors (Lipinski definition) is 0. The maximum absolute atomic E-state index is 11.5. The number of benzene rings is 1. The maximum atomic E-state index is 11.5. The quantitative estimate of drug-likeness (QED) is 0.713. The van der Waals surface area contributed by atoms with Crippen molar-refractivity contribution in [3.63, 3.8) is 0 Å². The van der Waals surface area contributed by atoms with Crippen molar-refractivity contribution in [3.8, 4) is 0 Å². The molecule has 1 aromatic carbocycles. The van der Waals surface area contributed by atoms with Crippen molar-refractivity contribution in [2.45, 2.75) is 26.4 Å². The molecule has 0 N–H and O–H groups in total. The molecule has 1 aromatic rings. The third-order valence-electron chi connectivity index (χ3n) is 2.56. The Morgan fingerprint density at radius 2 is 2.00 bits per heavy atom. The molecule has 0 fully saturated rings. The van der Waals surface area contributed by atoms with Crippen molar-refractivity contribution in [3.05, 3.63) is 35.9 Å². The fourth-order valence-electron chi connectivity index (χ4n) is 1.45. The van der Waals surface area contributed by atoms with E-state index in [-0.39, 0.29) is 12.0 Å². The molecule has 0 bridgehead atoms. The SMILES string of the molecule is CCOC(=O)C(C)N(C)Cc1ccccc1. The van der Waals surface area contributed by atoms with Gasteiger partial charge in [0.25, 0.3) is 0 Å². The van der Waals surface area contributed by atoms with Crippen LogP contribution >= 0.6 is 0 Å². The van der Waals surface area contributed by atoms with E-state index in [0.717, 1.165) is 6.54 Å². The molecule has 3 heteroatoms. The molecule has 0 spiro atoms. The summed E-state index contributed by atoms with van der Waals surface area (Å²) in [6, 6.07) is 9.87. The van der Waals surface area contributed by atoms with E-state index in [1.807, 2.05) is 56.1 Å². The molecule has 3 nitrogen and oxygen atoms in total. The predicted octanol–water partition coefficient (Wildman–Crippen LogP) is 2.07. The van der Waals surface area contributed by atoms with Gasteiger partial charge in [-0.25, -0.2) is 0 Å². The number of esters is 1. The molecular formula is C13H19NO2. The van der Waals surface area contributed by atoms with Crippen molar-refractivity contribution in [2.75, 3.05) is 13.7 Å². The van der Waals surface area contributed by atoms with Gasteiger partial charge in [0.15, 0.2) is 0 Å². The molecule has 0 aliphatic rings. The lowest BCUT2D eigenvalue weighted by molar-refractivity contribution is -0.148. The second kappa shape index (κ2) is 6.28. The van der Waals surface area contributed by atoms with Crippen LogP contribution in [0.25, 0.3) is 0 Å². The first-order valence-corrected chi connectivity index (χ1v) is 5.56. The van der Waals surface area contributed by atoms with Crippen molar-refractivity contribution < 1.29 is 9.53 Å². The Bertz CT molecular complexity index is 324. The van der Waals surface area contributed by atoms with Crippen LogP contribution in [-0.4, -0.2) is 30.6 Å². The van der Waals surface area contributed by atoms with Crippen LogP contribution < -0.4 is 0 Å². The monoisotopic (exact) mass is 221 g/mol. The number of ether oxygens (including phenoxy) is 1. The van der Waals surface area contributed by atoms with E-state index in [4.69, 9.17) is 4.74 Å². The Balaban J connectivity index is 2.52. The molecule has 0 aromatic heterocycles. The minimum Gasteiger partial charge on any atom is -0.465 e. The Kier molecular flexibility index (Phi) is 4.99. The van der Waals surface area contributed by atoms with E-state index in [9.17, 15) is 4.79 Å². The molecule has 1 unspecified atom stereocenters. The van der Waals surface area contributed by atoms with E-state index in [2.05, 4.69) is 0 Å².